The molecule has 0 fully saturated rings. The highest BCUT2D eigenvalue weighted by Gasteiger charge is 2.11. The van der Waals surface area contributed by atoms with E-state index in [9.17, 15) is 0 Å². The molecule has 0 saturated carbocycles. The molecule has 1 N–H and O–H groups in total. The zero-order chi connectivity index (χ0) is 12.3. The van der Waals surface area contributed by atoms with Crippen molar-refractivity contribution in [2.75, 3.05) is 26.1 Å². The Kier molecular flexibility index (Phi) is 3.32. The molecule has 90 valence electrons. The Morgan fingerprint density at radius 2 is 1.82 bits per heavy atom. The summed E-state index contributed by atoms with van der Waals surface area (Å²) in [5.41, 5.74) is 1.82. The van der Waals surface area contributed by atoms with Crippen LogP contribution in [0.1, 0.15) is 6.92 Å². The number of pyridine rings is 1. The van der Waals surface area contributed by atoms with Crippen LogP contribution in [0.2, 0.25) is 0 Å². The number of nitrogens with zero attached hydrogens (tertiary/aromatic N) is 1. The zero-order valence-electron chi connectivity index (χ0n) is 10.3. The first-order valence-electron chi connectivity index (χ1n) is 5.55. The molecule has 0 radical (unpaired) electrons. The molecule has 17 heavy (non-hydrogen) atoms. The van der Waals surface area contributed by atoms with Crippen LogP contribution in [0.5, 0.6) is 11.5 Å². The summed E-state index contributed by atoms with van der Waals surface area (Å²) in [5, 5.41) is 4.26. The Hall–Kier alpha value is -1.97. The van der Waals surface area contributed by atoms with Crippen molar-refractivity contribution in [1.82, 2.24) is 4.98 Å². The first-order valence-corrected chi connectivity index (χ1v) is 5.55. The lowest BCUT2D eigenvalue weighted by Gasteiger charge is -2.13. The van der Waals surface area contributed by atoms with Crippen LogP contribution in [0.25, 0.3) is 10.9 Å². The van der Waals surface area contributed by atoms with Gasteiger partial charge >= 0.3 is 0 Å². The Bertz CT molecular complexity index is 526. The maximum absolute atomic E-state index is 5.38. The highest BCUT2D eigenvalue weighted by atomic mass is 16.5. The van der Waals surface area contributed by atoms with E-state index in [1.54, 1.807) is 20.4 Å². The number of fused-ring (bicyclic) bond motifs is 1. The molecule has 0 unspecified atom stereocenters. The van der Waals surface area contributed by atoms with Gasteiger partial charge in [-0.2, -0.15) is 0 Å². The van der Waals surface area contributed by atoms with Crippen molar-refractivity contribution in [3.05, 3.63) is 24.4 Å². The van der Waals surface area contributed by atoms with Crippen LogP contribution in [0, 0.1) is 0 Å². The Morgan fingerprint density at radius 1 is 1.12 bits per heavy atom. The van der Waals surface area contributed by atoms with Crippen molar-refractivity contribution in [3.63, 3.8) is 0 Å². The molecule has 1 aromatic carbocycles. The minimum Gasteiger partial charge on any atom is -0.496 e. The molecule has 2 rings (SSSR count). The SMILES string of the molecule is CCNc1ccnc2c(OC)ccc(OC)c12. The average molecular weight is 232 g/mol. The Morgan fingerprint density at radius 3 is 2.47 bits per heavy atom. The third-order valence-corrected chi connectivity index (χ3v) is 2.62. The lowest BCUT2D eigenvalue weighted by molar-refractivity contribution is 0.410. The minimum absolute atomic E-state index is 0.751. The van der Waals surface area contributed by atoms with E-state index >= 15 is 0 Å². The molecule has 0 aliphatic carbocycles. The van der Waals surface area contributed by atoms with Crippen molar-refractivity contribution < 1.29 is 9.47 Å². The maximum Gasteiger partial charge on any atom is 0.145 e. The maximum atomic E-state index is 5.38. The average Bonchev–Trinajstić information content (AvgIpc) is 2.38. The third kappa shape index (κ3) is 1.98. The second-order valence-electron chi connectivity index (χ2n) is 3.58. The van der Waals surface area contributed by atoms with Gasteiger partial charge in [0.25, 0.3) is 0 Å². The van der Waals surface area contributed by atoms with Crippen LogP contribution in [0.15, 0.2) is 24.4 Å². The molecule has 2 aromatic rings. The van der Waals surface area contributed by atoms with E-state index < -0.39 is 0 Å². The van der Waals surface area contributed by atoms with Gasteiger partial charge in [0.05, 0.1) is 19.6 Å². The summed E-state index contributed by atoms with van der Waals surface area (Å²) in [4.78, 5) is 4.36. The summed E-state index contributed by atoms with van der Waals surface area (Å²) in [6.45, 7) is 2.90. The van der Waals surface area contributed by atoms with E-state index in [-0.39, 0.29) is 0 Å². The second kappa shape index (κ2) is 4.91. The molecule has 0 bridgehead atoms. The topological polar surface area (TPSA) is 43.4 Å². The fraction of sp³-hybridized carbons (Fsp3) is 0.308. The summed E-state index contributed by atoms with van der Waals surface area (Å²) in [5.74, 6) is 1.55. The normalized spacial score (nSPS) is 10.3. The molecular formula is C13H16N2O2. The summed E-state index contributed by atoms with van der Waals surface area (Å²) < 4.78 is 10.7. The van der Waals surface area contributed by atoms with Gasteiger partial charge in [0.2, 0.25) is 0 Å². The summed E-state index contributed by atoms with van der Waals surface area (Å²) in [6, 6.07) is 5.70. The van der Waals surface area contributed by atoms with Crippen LogP contribution < -0.4 is 14.8 Å². The fourth-order valence-corrected chi connectivity index (χ4v) is 1.88. The van der Waals surface area contributed by atoms with E-state index in [0.717, 1.165) is 34.6 Å². The van der Waals surface area contributed by atoms with Gasteiger partial charge in [0.1, 0.15) is 17.0 Å². The predicted octanol–water partition coefficient (Wildman–Crippen LogP) is 2.68. The molecular weight excluding hydrogens is 216 g/mol. The molecule has 0 aliphatic heterocycles. The summed E-state index contributed by atoms with van der Waals surface area (Å²) in [7, 11) is 3.30. The second-order valence-corrected chi connectivity index (χ2v) is 3.58. The molecule has 0 spiro atoms. The molecule has 1 aromatic heterocycles. The van der Waals surface area contributed by atoms with Crippen molar-refractivity contribution in [2.45, 2.75) is 6.92 Å². The first-order chi connectivity index (χ1) is 8.31. The monoisotopic (exact) mass is 232 g/mol. The molecule has 0 amide bonds. The zero-order valence-corrected chi connectivity index (χ0v) is 10.3. The smallest absolute Gasteiger partial charge is 0.145 e. The van der Waals surface area contributed by atoms with Crippen molar-refractivity contribution >= 4 is 16.6 Å². The van der Waals surface area contributed by atoms with E-state index in [2.05, 4.69) is 17.2 Å². The molecule has 0 saturated heterocycles. The van der Waals surface area contributed by atoms with Gasteiger partial charge in [0, 0.05) is 18.4 Å². The third-order valence-electron chi connectivity index (χ3n) is 2.62. The number of ether oxygens (including phenoxy) is 2. The van der Waals surface area contributed by atoms with E-state index in [4.69, 9.17) is 9.47 Å². The Labute approximate surface area is 101 Å². The number of hydrogen-bond acceptors (Lipinski definition) is 4. The van der Waals surface area contributed by atoms with Crippen LogP contribution in [0.3, 0.4) is 0 Å². The number of aromatic nitrogens is 1. The van der Waals surface area contributed by atoms with Crippen molar-refractivity contribution in [1.29, 1.82) is 0 Å². The van der Waals surface area contributed by atoms with Crippen LogP contribution in [-0.2, 0) is 0 Å². The Balaban J connectivity index is 2.75. The number of benzene rings is 1. The first kappa shape index (κ1) is 11.5. The van der Waals surface area contributed by atoms with Gasteiger partial charge in [-0.1, -0.05) is 0 Å². The summed E-state index contributed by atoms with van der Waals surface area (Å²) >= 11 is 0. The highest BCUT2D eigenvalue weighted by molar-refractivity contribution is 5.99. The molecule has 1 heterocycles. The molecule has 4 nitrogen and oxygen atoms in total. The number of methoxy groups -OCH3 is 2. The highest BCUT2D eigenvalue weighted by Crippen LogP contribution is 2.36. The van der Waals surface area contributed by atoms with Gasteiger partial charge in [-0.15, -0.1) is 0 Å². The van der Waals surface area contributed by atoms with Crippen LogP contribution in [0.4, 0.5) is 5.69 Å². The van der Waals surface area contributed by atoms with Gasteiger partial charge in [-0.25, -0.2) is 0 Å². The summed E-state index contributed by atoms with van der Waals surface area (Å²) in [6.07, 6.45) is 1.77. The largest absolute Gasteiger partial charge is 0.496 e. The molecule has 0 aliphatic rings. The number of hydrogen-bond donors (Lipinski definition) is 1. The van der Waals surface area contributed by atoms with Crippen molar-refractivity contribution in [2.24, 2.45) is 0 Å². The van der Waals surface area contributed by atoms with E-state index in [1.165, 1.54) is 0 Å². The molecule has 0 atom stereocenters. The van der Waals surface area contributed by atoms with Crippen LogP contribution in [-0.4, -0.2) is 25.7 Å². The number of anilines is 1. The standard InChI is InChI=1S/C13H16N2O2/c1-4-14-9-7-8-15-13-11(17-3)6-5-10(16-2)12(9)13/h5-8H,4H2,1-3H3,(H,14,15). The lowest BCUT2D eigenvalue weighted by atomic mass is 10.1. The van der Waals surface area contributed by atoms with Gasteiger partial charge in [-0.05, 0) is 25.1 Å². The predicted molar refractivity (Wildman–Crippen MR) is 69.0 cm³/mol. The fourth-order valence-electron chi connectivity index (χ4n) is 1.88. The lowest BCUT2D eigenvalue weighted by Crippen LogP contribution is -2.00. The van der Waals surface area contributed by atoms with Crippen molar-refractivity contribution in [3.8, 4) is 11.5 Å². The van der Waals surface area contributed by atoms with E-state index in [1.807, 2.05) is 18.2 Å². The van der Waals surface area contributed by atoms with Gasteiger partial charge in [0.15, 0.2) is 0 Å². The number of rotatable bonds is 4. The minimum atomic E-state index is 0.751. The molecule has 4 heteroatoms. The number of nitrogens with one attached hydrogen (secondary N) is 1. The van der Waals surface area contributed by atoms with Gasteiger partial charge in [-0.3, -0.25) is 4.98 Å². The quantitative estimate of drug-likeness (QED) is 0.880. The van der Waals surface area contributed by atoms with Crippen LogP contribution >= 0.6 is 0 Å². The van der Waals surface area contributed by atoms with Gasteiger partial charge < -0.3 is 14.8 Å². The van der Waals surface area contributed by atoms with E-state index in [0.29, 0.717) is 0 Å².